The SMILES string of the molecule is COC(=O)c1c(Cn2ccnc2SC)sc2c1c(=O)n(C)c(=O)n2CC(C)C. The van der Waals surface area contributed by atoms with E-state index in [4.69, 9.17) is 4.74 Å². The van der Waals surface area contributed by atoms with Crippen LogP contribution in [0.2, 0.25) is 0 Å². The average molecular weight is 423 g/mol. The minimum Gasteiger partial charge on any atom is -0.465 e. The zero-order valence-corrected chi connectivity index (χ0v) is 18.0. The van der Waals surface area contributed by atoms with E-state index in [9.17, 15) is 14.4 Å². The molecule has 3 heterocycles. The third-order valence-electron chi connectivity index (χ3n) is 4.36. The first kappa shape index (κ1) is 20.4. The molecule has 0 aliphatic carbocycles. The fourth-order valence-electron chi connectivity index (χ4n) is 3.09. The number of rotatable bonds is 6. The molecule has 0 saturated carbocycles. The van der Waals surface area contributed by atoms with E-state index < -0.39 is 11.5 Å². The molecule has 0 atom stereocenters. The maximum atomic E-state index is 12.9. The number of thioether (sulfide) groups is 1. The number of ether oxygens (including phenoxy) is 1. The van der Waals surface area contributed by atoms with Crippen LogP contribution in [0.5, 0.6) is 0 Å². The Morgan fingerprint density at radius 3 is 2.68 bits per heavy atom. The standard InChI is InChI=1S/C18H22N4O4S2/c1-10(2)8-22-15-13(14(23)20(3)18(22)25)12(16(24)26-4)11(28-15)9-21-7-6-19-17(21)27-5/h6-7,10H,8-9H2,1-5H3. The van der Waals surface area contributed by atoms with Crippen molar-refractivity contribution in [3.05, 3.63) is 43.7 Å². The third kappa shape index (κ3) is 3.42. The predicted octanol–water partition coefficient (Wildman–Crippen LogP) is 2.17. The Morgan fingerprint density at radius 2 is 2.07 bits per heavy atom. The van der Waals surface area contributed by atoms with Crippen molar-refractivity contribution in [3.8, 4) is 0 Å². The first-order valence-corrected chi connectivity index (χ1v) is 10.7. The van der Waals surface area contributed by atoms with E-state index in [1.54, 1.807) is 10.8 Å². The van der Waals surface area contributed by atoms with Gasteiger partial charge in [-0.25, -0.2) is 14.6 Å². The molecule has 28 heavy (non-hydrogen) atoms. The highest BCUT2D eigenvalue weighted by molar-refractivity contribution is 7.98. The predicted molar refractivity (Wildman–Crippen MR) is 111 cm³/mol. The average Bonchev–Trinajstić information content (AvgIpc) is 3.27. The van der Waals surface area contributed by atoms with Gasteiger partial charge in [-0.2, -0.15) is 0 Å². The van der Waals surface area contributed by atoms with Gasteiger partial charge in [0.1, 0.15) is 4.83 Å². The van der Waals surface area contributed by atoms with Crippen molar-refractivity contribution in [2.45, 2.75) is 32.1 Å². The number of nitrogens with zero attached hydrogens (tertiary/aromatic N) is 4. The Hall–Kier alpha value is -2.33. The number of hydrogen-bond donors (Lipinski definition) is 0. The molecule has 0 fully saturated rings. The number of carbonyl (C=O) groups is 1. The van der Waals surface area contributed by atoms with E-state index in [1.165, 1.54) is 37.3 Å². The lowest BCUT2D eigenvalue weighted by Gasteiger charge is -2.11. The van der Waals surface area contributed by atoms with Crippen molar-refractivity contribution < 1.29 is 9.53 Å². The Kier molecular flexibility index (Phi) is 5.80. The number of aromatic nitrogens is 4. The van der Waals surface area contributed by atoms with Crippen molar-refractivity contribution in [3.63, 3.8) is 0 Å². The molecular formula is C18H22N4O4S2. The summed E-state index contributed by atoms with van der Waals surface area (Å²) in [6.45, 7) is 4.80. The smallest absolute Gasteiger partial charge is 0.339 e. The zero-order valence-electron chi connectivity index (χ0n) is 16.4. The maximum absolute atomic E-state index is 12.9. The number of hydrogen-bond acceptors (Lipinski definition) is 7. The highest BCUT2D eigenvalue weighted by Crippen LogP contribution is 2.31. The Bertz CT molecular complexity index is 1150. The molecule has 0 N–H and O–H groups in total. The molecule has 150 valence electrons. The number of thiophene rings is 1. The largest absolute Gasteiger partial charge is 0.465 e. The first-order valence-electron chi connectivity index (χ1n) is 8.68. The molecule has 3 aromatic rings. The molecule has 0 spiro atoms. The third-order valence-corrected chi connectivity index (χ3v) is 6.26. The number of esters is 1. The summed E-state index contributed by atoms with van der Waals surface area (Å²) in [6.07, 6.45) is 5.42. The molecule has 0 amide bonds. The van der Waals surface area contributed by atoms with Crippen LogP contribution in [0.3, 0.4) is 0 Å². The van der Waals surface area contributed by atoms with Gasteiger partial charge in [-0.05, 0) is 12.2 Å². The molecule has 10 heteroatoms. The van der Waals surface area contributed by atoms with Gasteiger partial charge in [-0.3, -0.25) is 13.9 Å². The van der Waals surface area contributed by atoms with E-state index in [1.807, 2.05) is 30.9 Å². The normalized spacial score (nSPS) is 11.5. The van der Waals surface area contributed by atoms with Gasteiger partial charge < -0.3 is 9.30 Å². The second-order valence-corrected chi connectivity index (χ2v) is 8.62. The zero-order chi connectivity index (χ0) is 20.6. The maximum Gasteiger partial charge on any atom is 0.339 e. The van der Waals surface area contributed by atoms with E-state index in [0.29, 0.717) is 22.8 Å². The number of methoxy groups -OCH3 is 1. The lowest BCUT2D eigenvalue weighted by Crippen LogP contribution is -2.38. The first-order chi connectivity index (χ1) is 13.3. The van der Waals surface area contributed by atoms with Crippen LogP contribution in [-0.4, -0.2) is 38.0 Å². The molecule has 0 radical (unpaired) electrons. The topological polar surface area (TPSA) is 88.1 Å². The molecule has 0 aliphatic heterocycles. The molecule has 0 aliphatic rings. The van der Waals surface area contributed by atoms with Crippen molar-refractivity contribution in [1.29, 1.82) is 0 Å². The lowest BCUT2D eigenvalue weighted by atomic mass is 10.1. The van der Waals surface area contributed by atoms with Crippen LogP contribution in [0.15, 0.2) is 27.1 Å². The Morgan fingerprint density at radius 1 is 1.36 bits per heavy atom. The summed E-state index contributed by atoms with van der Waals surface area (Å²) in [5.74, 6) is -0.388. The summed E-state index contributed by atoms with van der Waals surface area (Å²) >= 11 is 2.77. The Balaban J connectivity index is 2.35. The summed E-state index contributed by atoms with van der Waals surface area (Å²) in [6, 6.07) is 0. The van der Waals surface area contributed by atoms with E-state index >= 15 is 0 Å². The fraction of sp³-hybridized carbons (Fsp3) is 0.444. The molecule has 0 aromatic carbocycles. The van der Waals surface area contributed by atoms with Gasteiger partial charge in [-0.1, -0.05) is 25.6 Å². The number of fused-ring (bicyclic) bond motifs is 1. The number of carbonyl (C=O) groups excluding carboxylic acids is 1. The minimum absolute atomic E-state index is 0.197. The fourth-order valence-corrected chi connectivity index (χ4v) is 4.90. The molecule has 3 rings (SSSR count). The molecule has 0 unspecified atom stereocenters. The molecule has 3 aromatic heterocycles. The summed E-state index contributed by atoms with van der Waals surface area (Å²) < 4.78 is 9.50. The van der Waals surface area contributed by atoms with Crippen molar-refractivity contribution >= 4 is 39.3 Å². The summed E-state index contributed by atoms with van der Waals surface area (Å²) in [5.41, 5.74) is -0.650. The lowest BCUT2D eigenvalue weighted by molar-refractivity contribution is 0.0602. The number of imidazole rings is 1. The van der Waals surface area contributed by atoms with Gasteiger partial charge in [0.2, 0.25) is 0 Å². The van der Waals surface area contributed by atoms with Gasteiger partial charge in [0.05, 0.1) is 24.6 Å². The monoisotopic (exact) mass is 422 g/mol. The van der Waals surface area contributed by atoms with Crippen molar-refractivity contribution in [2.24, 2.45) is 13.0 Å². The van der Waals surface area contributed by atoms with Crippen molar-refractivity contribution in [1.82, 2.24) is 18.7 Å². The van der Waals surface area contributed by atoms with Crippen LogP contribution in [0.4, 0.5) is 0 Å². The van der Waals surface area contributed by atoms with E-state index in [0.717, 1.165) is 9.72 Å². The summed E-state index contributed by atoms with van der Waals surface area (Å²) in [4.78, 5) is 43.6. The van der Waals surface area contributed by atoms with Crippen LogP contribution in [0.1, 0.15) is 29.1 Å². The Labute approximate surface area is 169 Å². The van der Waals surface area contributed by atoms with Gasteiger partial charge >= 0.3 is 11.7 Å². The molecule has 0 bridgehead atoms. The van der Waals surface area contributed by atoms with Crippen LogP contribution < -0.4 is 11.2 Å². The van der Waals surface area contributed by atoms with Gasteiger partial charge in [0.25, 0.3) is 5.56 Å². The van der Waals surface area contributed by atoms with Crippen LogP contribution in [0, 0.1) is 5.92 Å². The highest BCUT2D eigenvalue weighted by Gasteiger charge is 2.26. The van der Waals surface area contributed by atoms with E-state index in [2.05, 4.69) is 4.98 Å². The van der Waals surface area contributed by atoms with Gasteiger partial charge in [-0.15, -0.1) is 11.3 Å². The molecular weight excluding hydrogens is 400 g/mol. The highest BCUT2D eigenvalue weighted by atomic mass is 32.2. The molecule has 0 saturated heterocycles. The van der Waals surface area contributed by atoms with Crippen LogP contribution in [-0.2, 0) is 24.9 Å². The summed E-state index contributed by atoms with van der Waals surface area (Å²) in [5, 5.41) is 1.03. The second-order valence-electron chi connectivity index (χ2n) is 6.77. The molecule has 8 nitrogen and oxygen atoms in total. The van der Waals surface area contributed by atoms with Crippen LogP contribution >= 0.6 is 23.1 Å². The minimum atomic E-state index is -0.584. The van der Waals surface area contributed by atoms with Gasteiger partial charge in [0.15, 0.2) is 5.16 Å². The second kappa shape index (κ2) is 7.96. The van der Waals surface area contributed by atoms with E-state index in [-0.39, 0.29) is 22.6 Å². The van der Waals surface area contributed by atoms with Crippen molar-refractivity contribution in [2.75, 3.05) is 13.4 Å². The quantitative estimate of drug-likeness (QED) is 0.447. The summed E-state index contributed by atoms with van der Waals surface area (Å²) in [7, 11) is 2.72. The van der Waals surface area contributed by atoms with Gasteiger partial charge in [0, 0.05) is 30.9 Å². The van der Waals surface area contributed by atoms with Crippen LogP contribution in [0.25, 0.3) is 10.2 Å².